The summed E-state index contributed by atoms with van der Waals surface area (Å²) in [6, 6.07) is 15.7. The topological polar surface area (TPSA) is 79.8 Å². The molecule has 4 aromatic rings. The quantitative estimate of drug-likeness (QED) is 0.448. The Hall–Kier alpha value is -3.04. The maximum Gasteiger partial charge on any atom is 0.234 e. The molecule has 0 saturated heterocycles. The van der Waals surface area contributed by atoms with Crippen LogP contribution in [0, 0.1) is 5.82 Å². The third kappa shape index (κ3) is 4.26. The number of thioether (sulfide) groups is 1. The van der Waals surface area contributed by atoms with Crippen molar-refractivity contribution in [1.29, 1.82) is 0 Å². The Kier molecular flexibility index (Phi) is 5.45. The first-order valence-electron chi connectivity index (χ1n) is 8.30. The van der Waals surface area contributed by atoms with Crippen LogP contribution in [-0.4, -0.2) is 26.8 Å². The van der Waals surface area contributed by atoms with Gasteiger partial charge in [-0.15, -0.1) is 10.2 Å². The molecule has 140 valence electrons. The van der Waals surface area contributed by atoms with E-state index < -0.39 is 0 Å². The van der Waals surface area contributed by atoms with Gasteiger partial charge in [0.25, 0.3) is 0 Å². The van der Waals surface area contributed by atoms with Crippen LogP contribution in [0.25, 0.3) is 10.9 Å². The van der Waals surface area contributed by atoms with Crippen LogP contribution in [0.4, 0.5) is 20.9 Å². The fourth-order valence-corrected chi connectivity index (χ4v) is 4.09. The van der Waals surface area contributed by atoms with Gasteiger partial charge in [-0.2, -0.15) is 0 Å². The number of rotatable bonds is 6. The van der Waals surface area contributed by atoms with Gasteiger partial charge in [0.15, 0.2) is 4.34 Å². The molecule has 2 N–H and O–H groups in total. The minimum Gasteiger partial charge on any atom is -0.328 e. The first-order valence-corrected chi connectivity index (χ1v) is 10.1. The molecule has 2 aromatic carbocycles. The van der Waals surface area contributed by atoms with Crippen LogP contribution in [-0.2, 0) is 4.79 Å². The summed E-state index contributed by atoms with van der Waals surface area (Å²) < 4.78 is 14.3. The number of carbonyl (C=O) groups excluding carboxylic acids is 1. The second-order valence-electron chi connectivity index (χ2n) is 5.69. The summed E-state index contributed by atoms with van der Waals surface area (Å²) in [7, 11) is 0. The van der Waals surface area contributed by atoms with Crippen LogP contribution in [0.1, 0.15) is 0 Å². The maximum absolute atomic E-state index is 13.7. The molecule has 0 aliphatic rings. The number of nitrogens with one attached hydrogen (secondary N) is 2. The van der Waals surface area contributed by atoms with Crippen molar-refractivity contribution in [3.63, 3.8) is 0 Å². The highest BCUT2D eigenvalue weighted by atomic mass is 32.2. The number of halogens is 1. The number of amides is 1. The molecule has 0 bridgehead atoms. The van der Waals surface area contributed by atoms with E-state index in [2.05, 4.69) is 25.8 Å². The number of anilines is 3. The minimum atomic E-state index is -0.365. The lowest BCUT2D eigenvalue weighted by atomic mass is 10.2. The third-order valence-corrected chi connectivity index (χ3v) is 5.74. The second kappa shape index (κ2) is 8.32. The Morgan fingerprint density at radius 3 is 2.79 bits per heavy atom. The highest BCUT2D eigenvalue weighted by Crippen LogP contribution is 2.29. The Balaban J connectivity index is 1.36. The van der Waals surface area contributed by atoms with E-state index in [4.69, 9.17) is 0 Å². The summed E-state index contributed by atoms with van der Waals surface area (Å²) in [5.41, 5.74) is 1.87. The molecule has 2 heterocycles. The number of para-hydroxylation sites is 1. The van der Waals surface area contributed by atoms with Crippen LogP contribution in [0.2, 0.25) is 0 Å². The van der Waals surface area contributed by atoms with E-state index in [1.165, 1.54) is 29.2 Å². The van der Waals surface area contributed by atoms with E-state index in [0.29, 0.717) is 15.2 Å². The molecule has 9 heteroatoms. The Bertz CT molecular complexity index is 1130. The summed E-state index contributed by atoms with van der Waals surface area (Å²) in [5, 5.41) is 15.2. The van der Waals surface area contributed by atoms with Crippen LogP contribution in [0.15, 0.2) is 65.1 Å². The largest absolute Gasteiger partial charge is 0.328 e. The van der Waals surface area contributed by atoms with E-state index in [0.717, 1.165) is 16.6 Å². The zero-order valence-electron chi connectivity index (χ0n) is 14.4. The summed E-state index contributed by atoms with van der Waals surface area (Å²) in [6.07, 6.45) is 1.71. The molecule has 0 aliphatic heterocycles. The highest BCUT2D eigenvalue weighted by molar-refractivity contribution is 8.01. The SMILES string of the molecule is O=C(CSc1nnc(Nc2ccccc2F)s1)Nc1cccc2ncccc12. The van der Waals surface area contributed by atoms with Gasteiger partial charge in [-0.25, -0.2) is 4.39 Å². The Labute approximate surface area is 168 Å². The van der Waals surface area contributed by atoms with E-state index in [1.807, 2.05) is 30.3 Å². The molecule has 6 nitrogen and oxygen atoms in total. The average molecular weight is 411 g/mol. The number of fused-ring (bicyclic) bond motifs is 1. The van der Waals surface area contributed by atoms with Gasteiger partial charge in [0, 0.05) is 11.6 Å². The number of carbonyl (C=O) groups is 1. The molecule has 2 aromatic heterocycles. The molecule has 1 amide bonds. The fraction of sp³-hybridized carbons (Fsp3) is 0.0526. The average Bonchev–Trinajstić information content (AvgIpc) is 3.16. The fourth-order valence-electron chi connectivity index (χ4n) is 2.52. The first-order chi connectivity index (χ1) is 13.7. The van der Waals surface area contributed by atoms with Crippen molar-refractivity contribution in [3.8, 4) is 0 Å². The summed E-state index contributed by atoms with van der Waals surface area (Å²) in [6.45, 7) is 0. The molecule has 0 spiro atoms. The van der Waals surface area contributed by atoms with Crippen molar-refractivity contribution in [2.24, 2.45) is 0 Å². The van der Waals surface area contributed by atoms with Crippen LogP contribution < -0.4 is 10.6 Å². The van der Waals surface area contributed by atoms with Crippen molar-refractivity contribution < 1.29 is 9.18 Å². The number of aromatic nitrogens is 3. The Morgan fingerprint density at radius 2 is 1.89 bits per heavy atom. The summed E-state index contributed by atoms with van der Waals surface area (Å²) in [5.74, 6) is -0.332. The predicted molar refractivity (Wildman–Crippen MR) is 111 cm³/mol. The molecular weight excluding hydrogens is 397 g/mol. The molecule has 0 saturated carbocycles. The molecular formula is C19H14FN5OS2. The lowest BCUT2D eigenvalue weighted by Crippen LogP contribution is -2.14. The summed E-state index contributed by atoms with van der Waals surface area (Å²) in [4.78, 5) is 16.6. The monoisotopic (exact) mass is 411 g/mol. The van der Waals surface area contributed by atoms with Gasteiger partial charge in [0.05, 0.1) is 22.6 Å². The van der Waals surface area contributed by atoms with E-state index in [9.17, 15) is 9.18 Å². The van der Waals surface area contributed by atoms with Crippen molar-refractivity contribution in [2.45, 2.75) is 4.34 Å². The molecule has 0 aliphatic carbocycles. The van der Waals surface area contributed by atoms with Gasteiger partial charge in [-0.05, 0) is 36.4 Å². The lowest BCUT2D eigenvalue weighted by Gasteiger charge is -2.07. The molecule has 0 atom stereocenters. The molecule has 0 unspecified atom stereocenters. The van der Waals surface area contributed by atoms with E-state index >= 15 is 0 Å². The molecule has 28 heavy (non-hydrogen) atoms. The Morgan fingerprint density at radius 1 is 1.04 bits per heavy atom. The van der Waals surface area contributed by atoms with Gasteiger partial charge in [0.1, 0.15) is 5.82 Å². The van der Waals surface area contributed by atoms with Crippen molar-refractivity contribution >= 4 is 56.4 Å². The third-order valence-electron chi connectivity index (χ3n) is 3.77. The van der Waals surface area contributed by atoms with E-state index in [-0.39, 0.29) is 17.5 Å². The smallest absolute Gasteiger partial charge is 0.234 e. The van der Waals surface area contributed by atoms with Crippen molar-refractivity contribution in [3.05, 3.63) is 66.6 Å². The van der Waals surface area contributed by atoms with Crippen molar-refractivity contribution in [2.75, 3.05) is 16.4 Å². The number of hydrogen-bond donors (Lipinski definition) is 2. The number of hydrogen-bond acceptors (Lipinski definition) is 7. The molecule has 0 radical (unpaired) electrons. The highest BCUT2D eigenvalue weighted by Gasteiger charge is 2.11. The number of benzene rings is 2. The van der Waals surface area contributed by atoms with Crippen molar-refractivity contribution in [1.82, 2.24) is 15.2 Å². The zero-order valence-corrected chi connectivity index (χ0v) is 16.1. The minimum absolute atomic E-state index is 0.153. The lowest BCUT2D eigenvalue weighted by molar-refractivity contribution is -0.113. The standard InChI is InChI=1S/C19H14FN5OS2/c20-13-6-1-2-7-16(13)23-18-24-25-19(28-18)27-11-17(26)22-15-9-3-8-14-12(15)5-4-10-21-14/h1-10H,11H2,(H,22,26)(H,23,24). The van der Waals surface area contributed by atoms with Gasteiger partial charge in [-0.3, -0.25) is 9.78 Å². The molecule has 0 fully saturated rings. The number of pyridine rings is 1. The van der Waals surface area contributed by atoms with Crippen LogP contribution in [0.5, 0.6) is 0 Å². The normalized spacial score (nSPS) is 10.8. The van der Waals surface area contributed by atoms with Crippen LogP contribution in [0.3, 0.4) is 0 Å². The number of nitrogens with zero attached hydrogens (tertiary/aromatic N) is 3. The summed E-state index contributed by atoms with van der Waals surface area (Å²) >= 11 is 2.53. The zero-order chi connectivity index (χ0) is 19.3. The first kappa shape index (κ1) is 18.3. The molecule has 4 rings (SSSR count). The maximum atomic E-state index is 13.7. The van der Waals surface area contributed by atoms with Gasteiger partial charge >= 0.3 is 0 Å². The van der Waals surface area contributed by atoms with Gasteiger partial charge in [-0.1, -0.05) is 41.3 Å². The van der Waals surface area contributed by atoms with Gasteiger partial charge < -0.3 is 10.6 Å². The van der Waals surface area contributed by atoms with E-state index in [1.54, 1.807) is 24.4 Å². The predicted octanol–water partition coefficient (Wildman–Crippen LogP) is 4.70. The van der Waals surface area contributed by atoms with Gasteiger partial charge in [0.2, 0.25) is 11.0 Å². The second-order valence-corrected chi connectivity index (χ2v) is 7.89. The van der Waals surface area contributed by atoms with Crippen LogP contribution >= 0.6 is 23.1 Å².